The van der Waals surface area contributed by atoms with Crippen molar-refractivity contribution in [3.05, 3.63) is 30.3 Å². The molecular formula is C16H20N2O6. The minimum atomic E-state index is -0.972. The number of carbonyl (C=O) groups excluding carboxylic acids is 2. The molecule has 1 saturated heterocycles. The number of amides is 2. The first-order valence-corrected chi connectivity index (χ1v) is 7.60. The van der Waals surface area contributed by atoms with Gasteiger partial charge in [0.15, 0.2) is 6.61 Å². The van der Waals surface area contributed by atoms with Crippen LogP contribution >= 0.6 is 0 Å². The Balaban J connectivity index is 1.70. The van der Waals surface area contributed by atoms with Gasteiger partial charge in [0.2, 0.25) is 5.91 Å². The van der Waals surface area contributed by atoms with Crippen LogP contribution in [0.15, 0.2) is 30.3 Å². The molecule has 0 saturated carbocycles. The van der Waals surface area contributed by atoms with E-state index in [2.05, 4.69) is 5.32 Å². The van der Waals surface area contributed by atoms with Gasteiger partial charge in [0.1, 0.15) is 5.75 Å². The Hall–Kier alpha value is -2.61. The second-order valence-corrected chi connectivity index (χ2v) is 5.31. The van der Waals surface area contributed by atoms with E-state index in [0.717, 1.165) is 0 Å². The van der Waals surface area contributed by atoms with Gasteiger partial charge in [0, 0.05) is 13.1 Å². The summed E-state index contributed by atoms with van der Waals surface area (Å²) >= 11 is 0. The third-order valence-corrected chi connectivity index (χ3v) is 3.44. The molecule has 2 amide bonds. The molecule has 2 N–H and O–H groups in total. The maximum Gasteiger partial charge on any atom is 0.306 e. The summed E-state index contributed by atoms with van der Waals surface area (Å²) in [6.07, 6.45) is -0.668. The second-order valence-electron chi connectivity index (χ2n) is 5.31. The molecule has 1 atom stereocenters. The van der Waals surface area contributed by atoms with Gasteiger partial charge in [-0.15, -0.1) is 0 Å². The zero-order valence-corrected chi connectivity index (χ0v) is 13.1. The average Bonchev–Trinajstić information content (AvgIpc) is 2.58. The minimum absolute atomic E-state index is 0.152. The van der Waals surface area contributed by atoms with Crippen LogP contribution < -0.4 is 10.1 Å². The summed E-state index contributed by atoms with van der Waals surface area (Å²) in [5.41, 5.74) is 0. The van der Waals surface area contributed by atoms with Crippen LogP contribution in [-0.2, 0) is 19.1 Å². The van der Waals surface area contributed by atoms with Crippen molar-refractivity contribution in [2.24, 2.45) is 0 Å². The smallest absolute Gasteiger partial charge is 0.306 e. The highest BCUT2D eigenvalue weighted by atomic mass is 16.5. The molecule has 1 heterocycles. The third-order valence-electron chi connectivity index (χ3n) is 3.44. The number of ether oxygens (including phenoxy) is 2. The predicted molar refractivity (Wildman–Crippen MR) is 83.5 cm³/mol. The van der Waals surface area contributed by atoms with Gasteiger partial charge in [0.05, 0.1) is 25.7 Å². The van der Waals surface area contributed by atoms with Gasteiger partial charge in [-0.05, 0) is 12.1 Å². The lowest BCUT2D eigenvalue weighted by Crippen LogP contribution is -2.49. The summed E-state index contributed by atoms with van der Waals surface area (Å²) in [7, 11) is 0. The van der Waals surface area contributed by atoms with Crippen molar-refractivity contribution in [2.75, 3.05) is 32.8 Å². The Bertz CT molecular complexity index is 577. The van der Waals surface area contributed by atoms with Gasteiger partial charge in [-0.3, -0.25) is 14.4 Å². The summed E-state index contributed by atoms with van der Waals surface area (Å²) in [5, 5.41) is 11.3. The van der Waals surface area contributed by atoms with Crippen molar-refractivity contribution in [2.45, 2.75) is 12.5 Å². The molecule has 1 aliphatic rings. The number of carboxylic acid groups (broad SMARTS) is 1. The third kappa shape index (κ3) is 5.88. The standard InChI is InChI=1S/C16H20N2O6/c19-14(11-24-12-4-2-1-3-5-12)17-9-15(20)18-6-7-23-13(10-18)8-16(21)22/h1-5,13H,6-11H2,(H,17,19)(H,21,22). The molecule has 8 nitrogen and oxygen atoms in total. The van der Waals surface area contributed by atoms with Crippen molar-refractivity contribution in [3.8, 4) is 5.75 Å². The highest BCUT2D eigenvalue weighted by Crippen LogP contribution is 2.09. The van der Waals surface area contributed by atoms with E-state index in [1.165, 1.54) is 4.90 Å². The van der Waals surface area contributed by atoms with E-state index in [9.17, 15) is 14.4 Å². The van der Waals surface area contributed by atoms with Gasteiger partial charge >= 0.3 is 5.97 Å². The Morgan fingerprint density at radius 2 is 2.04 bits per heavy atom. The van der Waals surface area contributed by atoms with E-state index in [-0.39, 0.29) is 38.6 Å². The zero-order valence-electron chi connectivity index (χ0n) is 13.1. The summed E-state index contributed by atoms with van der Waals surface area (Å²) in [6.45, 7) is 0.542. The van der Waals surface area contributed by atoms with E-state index in [1.807, 2.05) is 6.07 Å². The normalized spacial score (nSPS) is 17.2. The number of nitrogens with one attached hydrogen (secondary N) is 1. The molecule has 1 aliphatic heterocycles. The first-order chi connectivity index (χ1) is 11.5. The van der Waals surface area contributed by atoms with Crippen molar-refractivity contribution < 1.29 is 29.0 Å². The summed E-state index contributed by atoms with van der Waals surface area (Å²) in [5.74, 6) is -1.08. The van der Waals surface area contributed by atoms with Crippen LogP contribution in [0.5, 0.6) is 5.75 Å². The predicted octanol–water partition coefficient (Wildman–Crippen LogP) is -0.116. The average molecular weight is 336 g/mol. The van der Waals surface area contributed by atoms with Crippen molar-refractivity contribution >= 4 is 17.8 Å². The van der Waals surface area contributed by atoms with Crippen LogP contribution in [0.2, 0.25) is 0 Å². The second kappa shape index (κ2) is 8.88. The molecule has 1 unspecified atom stereocenters. The van der Waals surface area contributed by atoms with E-state index in [4.69, 9.17) is 14.6 Å². The molecule has 0 aromatic heterocycles. The fourth-order valence-electron chi connectivity index (χ4n) is 2.27. The Morgan fingerprint density at radius 1 is 1.29 bits per heavy atom. The molecule has 1 fully saturated rings. The first-order valence-electron chi connectivity index (χ1n) is 7.60. The lowest BCUT2D eigenvalue weighted by molar-refractivity contribution is -0.147. The SMILES string of the molecule is O=C(O)CC1CN(C(=O)CNC(=O)COc2ccccc2)CCO1. The topological polar surface area (TPSA) is 105 Å². The molecule has 24 heavy (non-hydrogen) atoms. The number of para-hydroxylation sites is 1. The zero-order chi connectivity index (χ0) is 17.4. The number of aliphatic carboxylic acids is 1. The number of nitrogens with zero attached hydrogens (tertiary/aromatic N) is 1. The van der Waals surface area contributed by atoms with Crippen LogP contribution in [-0.4, -0.2) is 66.7 Å². The van der Waals surface area contributed by atoms with E-state index >= 15 is 0 Å². The van der Waals surface area contributed by atoms with E-state index in [1.54, 1.807) is 24.3 Å². The van der Waals surface area contributed by atoms with Crippen molar-refractivity contribution in [1.29, 1.82) is 0 Å². The molecule has 0 bridgehead atoms. The molecule has 1 aromatic rings. The first kappa shape index (κ1) is 17.7. The molecule has 0 aliphatic carbocycles. The lowest BCUT2D eigenvalue weighted by Gasteiger charge is -2.32. The van der Waals surface area contributed by atoms with Gasteiger partial charge in [-0.1, -0.05) is 18.2 Å². The van der Waals surface area contributed by atoms with E-state index in [0.29, 0.717) is 12.3 Å². The summed E-state index contributed by atoms with van der Waals surface area (Å²) in [4.78, 5) is 36.0. The number of benzene rings is 1. The fraction of sp³-hybridized carbons (Fsp3) is 0.438. The van der Waals surface area contributed by atoms with Gasteiger partial charge in [-0.2, -0.15) is 0 Å². The highest BCUT2D eigenvalue weighted by molar-refractivity contribution is 5.85. The minimum Gasteiger partial charge on any atom is -0.484 e. The number of morpholine rings is 1. The summed E-state index contributed by atoms with van der Waals surface area (Å²) in [6, 6.07) is 8.89. The van der Waals surface area contributed by atoms with Gasteiger partial charge in [0.25, 0.3) is 5.91 Å². The number of carboxylic acids is 1. The van der Waals surface area contributed by atoms with Crippen molar-refractivity contribution in [1.82, 2.24) is 10.2 Å². The van der Waals surface area contributed by atoms with Crippen LogP contribution in [0.4, 0.5) is 0 Å². The largest absolute Gasteiger partial charge is 0.484 e. The van der Waals surface area contributed by atoms with Crippen LogP contribution in [0, 0.1) is 0 Å². The maximum atomic E-state index is 12.1. The van der Waals surface area contributed by atoms with Crippen molar-refractivity contribution in [3.63, 3.8) is 0 Å². The van der Waals surface area contributed by atoms with Crippen LogP contribution in [0.1, 0.15) is 6.42 Å². The van der Waals surface area contributed by atoms with E-state index < -0.39 is 18.0 Å². The number of hydrogen-bond donors (Lipinski definition) is 2. The van der Waals surface area contributed by atoms with Crippen LogP contribution in [0.25, 0.3) is 0 Å². The number of carbonyl (C=O) groups is 3. The maximum absolute atomic E-state index is 12.1. The molecular weight excluding hydrogens is 316 g/mol. The quantitative estimate of drug-likeness (QED) is 0.719. The fourth-order valence-corrected chi connectivity index (χ4v) is 2.27. The highest BCUT2D eigenvalue weighted by Gasteiger charge is 2.25. The molecule has 0 radical (unpaired) electrons. The molecule has 130 valence electrons. The Labute approximate surface area is 139 Å². The molecule has 0 spiro atoms. The summed E-state index contributed by atoms with van der Waals surface area (Å²) < 4.78 is 10.6. The molecule has 8 heteroatoms. The Morgan fingerprint density at radius 3 is 2.75 bits per heavy atom. The Kier molecular flexibility index (Phi) is 6.56. The molecule has 1 aromatic carbocycles. The molecule has 2 rings (SSSR count). The number of rotatable bonds is 7. The lowest BCUT2D eigenvalue weighted by atomic mass is 10.2. The van der Waals surface area contributed by atoms with Crippen LogP contribution in [0.3, 0.4) is 0 Å². The monoisotopic (exact) mass is 336 g/mol. The van der Waals surface area contributed by atoms with Gasteiger partial charge in [-0.25, -0.2) is 0 Å². The number of hydrogen-bond acceptors (Lipinski definition) is 5. The van der Waals surface area contributed by atoms with Gasteiger partial charge < -0.3 is 24.8 Å².